The van der Waals surface area contributed by atoms with Gasteiger partial charge in [-0.2, -0.15) is 0 Å². The van der Waals surface area contributed by atoms with Crippen molar-refractivity contribution in [2.75, 3.05) is 6.79 Å². The third-order valence-electron chi connectivity index (χ3n) is 4.69. The number of nitrogens with zero attached hydrogens (tertiary/aromatic N) is 1. The number of ether oxygens (including phenoxy) is 2. The number of aryl methyl sites for hydroxylation is 1. The summed E-state index contributed by atoms with van der Waals surface area (Å²) in [6, 6.07) is 17.4. The maximum absolute atomic E-state index is 10.1. The van der Waals surface area contributed by atoms with E-state index in [1.165, 1.54) is 0 Å². The van der Waals surface area contributed by atoms with E-state index >= 15 is 0 Å². The third kappa shape index (κ3) is 2.11. The Morgan fingerprint density at radius 3 is 2.48 bits per heavy atom. The first kappa shape index (κ1) is 14.1. The molecule has 1 aliphatic heterocycles. The van der Waals surface area contributed by atoms with Crippen LogP contribution in [0.4, 0.5) is 0 Å². The average molecular weight is 329 g/mol. The second-order valence-corrected chi connectivity index (χ2v) is 6.22. The predicted molar refractivity (Wildman–Crippen MR) is 97.2 cm³/mol. The van der Waals surface area contributed by atoms with Crippen LogP contribution in [0.5, 0.6) is 17.2 Å². The molecule has 0 fully saturated rings. The minimum absolute atomic E-state index is 0.250. The highest BCUT2D eigenvalue weighted by Gasteiger charge is 2.17. The number of phenolic OH excluding ortho intramolecular Hbond substituents is 1. The summed E-state index contributed by atoms with van der Waals surface area (Å²) in [6.45, 7) is 2.32. The molecule has 0 saturated heterocycles. The fraction of sp³-hybridized carbons (Fsp3) is 0.0952. The van der Waals surface area contributed by atoms with Crippen molar-refractivity contribution in [1.82, 2.24) is 4.98 Å². The quantitative estimate of drug-likeness (QED) is 0.545. The zero-order valence-corrected chi connectivity index (χ0v) is 13.6. The molecule has 0 saturated carbocycles. The van der Waals surface area contributed by atoms with Gasteiger partial charge >= 0.3 is 0 Å². The van der Waals surface area contributed by atoms with Crippen LogP contribution in [0.2, 0.25) is 0 Å². The number of pyridine rings is 1. The Morgan fingerprint density at radius 1 is 0.880 bits per heavy atom. The summed E-state index contributed by atoms with van der Waals surface area (Å²) in [5.41, 5.74) is 3.86. The van der Waals surface area contributed by atoms with Gasteiger partial charge < -0.3 is 14.6 Å². The molecule has 5 rings (SSSR count). The van der Waals surface area contributed by atoms with Gasteiger partial charge in [0.1, 0.15) is 5.75 Å². The zero-order valence-electron chi connectivity index (χ0n) is 13.6. The van der Waals surface area contributed by atoms with Gasteiger partial charge in [-0.3, -0.25) is 0 Å². The van der Waals surface area contributed by atoms with Crippen LogP contribution < -0.4 is 9.47 Å². The Balaban J connectivity index is 1.79. The molecule has 2 heterocycles. The first-order valence-corrected chi connectivity index (χ1v) is 8.13. The van der Waals surface area contributed by atoms with Crippen molar-refractivity contribution in [3.63, 3.8) is 0 Å². The van der Waals surface area contributed by atoms with Gasteiger partial charge in [0.05, 0.1) is 11.2 Å². The molecule has 0 atom stereocenters. The van der Waals surface area contributed by atoms with Crippen LogP contribution in [-0.2, 0) is 0 Å². The Morgan fingerprint density at radius 2 is 1.64 bits per heavy atom. The van der Waals surface area contributed by atoms with Crippen LogP contribution in [0.1, 0.15) is 5.56 Å². The van der Waals surface area contributed by atoms with E-state index in [1.807, 2.05) is 42.5 Å². The van der Waals surface area contributed by atoms with Gasteiger partial charge in [0, 0.05) is 22.4 Å². The zero-order chi connectivity index (χ0) is 17.0. The number of phenols is 1. The minimum atomic E-state index is 0.250. The Labute approximate surface area is 144 Å². The SMILES string of the molecule is Cc1cc(-c2ccc(O)c3ccccc23)nc2cc3c(cc12)OCO3. The fourth-order valence-corrected chi connectivity index (χ4v) is 3.43. The number of aromatic hydroxyl groups is 1. The van der Waals surface area contributed by atoms with Crippen molar-refractivity contribution >= 4 is 21.7 Å². The molecule has 25 heavy (non-hydrogen) atoms. The first-order chi connectivity index (χ1) is 12.2. The molecule has 4 aromatic rings. The summed E-state index contributed by atoms with van der Waals surface area (Å²) in [5, 5.41) is 13.0. The van der Waals surface area contributed by atoms with E-state index in [1.54, 1.807) is 6.07 Å². The average Bonchev–Trinajstić information content (AvgIpc) is 3.08. The molecule has 0 radical (unpaired) electrons. The van der Waals surface area contributed by atoms with Gasteiger partial charge in [0.15, 0.2) is 11.5 Å². The lowest BCUT2D eigenvalue weighted by Crippen LogP contribution is -1.92. The van der Waals surface area contributed by atoms with Crippen LogP contribution in [-0.4, -0.2) is 16.9 Å². The largest absolute Gasteiger partial charge is 0.507 e. The Hall–Kier alpha value is -3.27. The van der Waals surface area contributed by atoms with Gasteiger partial charge in [-0.15, -0.1) is 0 Å². The van der Waals surface area contributed by atoms with E-state index in [2.05, 4.69) is 13.0 Å². The maximum Gasteiger partial charge on any atom is 0.231 e. The highest BCUT2D eigenvalue weighted by molar-refractivity contribution is 6.00. The topological polar surface area (TPSA) is 51.6 Å². The van der Waals surface area contributed by atoms with Crippen molar-refractivity contribution < 1.29 is 14.6 Å². The number of fused-ring (bicyclic) bond motifs is 3. The Bertz CT molecular complexity index is 1150. The molecule has 0 amide bonds. The number of benzene rings is 3. The van der Waals surface area contributed by atoms with Gasteiger partial charge in [0.2, 0.25) is 6.79 Å². The van der Waals surface area contributed by atoms with Gasteiger partial charge in [-0.25, -0.2) is 4.98 Å². The summed E-state index contributed by atoms with van der Waals surface area (Å²) < 4.78 is 11.0. The van der Waals surface area contributed by atoms with Crippen LogP contribution in [0.3, 0.4) is 0 Å². The smallest absolute Gasteiger partial charge is 0.231 e. The summed E-state index contributed by atoms with van der Waals surface area (Å²) in [6.07, 6.45) is 0. The number of aromatic nitrogens is 1. The van der Waals surface area contributed by atoms with E-state index < -0.39 is 0 Å². The lowest BCUT2D eigenvalue weighted by molar-refractivity contribution is 0.174. The number of hydrogen-bond donors (Lipinski definition) is 1. The van der Waals surface area contributed by atoms with E-state index in [9.17, 15) is 5.11 Å². The molecule has 0 aliphatic carbocycles. The first-order valence-electron chi connectivity index (χ1n) is 8.13. The molecule has 0 unspecified atom stereocenters. The molecule has 1 aromatic heterocycles. The van der Waals surface area contributed by atoms with Crippen molar-refractivity contribution in [2.24, 2.45) is 0 Å². The molecule has 122 valence electrons. The minimum Gasteiger partial charge on any atom is -0.507 e. The standard InChI is InChI=1S/C21H15NO3/c1-12-8-17(14-6-7-19(23)15-5-3-2-4-13(14)15)22-18-10-21-20(9-16(12)18)24-11-25-21/h2-10,23H,11H2,1H3. The number of hydrogen-bond acceptors (Lipinski definition) is 4. The second kappa shape index (κ2) is 5.11. The highest BCUT2D eigenvalue weighted by atomic mass is 16.7. The molecule has 1 N–H and O–H groups in total. The fourth-order valence-electron chi connectivity index (χ4n) is 3.43. The van der Waals surface area contributed by atoms with Gasteiger partial charge in [-0.05, 0) is 42.1 Å². The van der Waals surface area contributed by atoms with Crippen LogP contribution in [0.15, 0.2) is 54.6 Å². The highest BCUT2D eigenvalue weighted by Crippen LogP contribution is 2.39. The van der Waals surface area contributed by atoms with E-state index in [0.29, 0.717) is 0 Å². The molecule has 4 heteroatoms. The summed E-state index contributed by atoms with van der Waals surface area (Å²) in [4.78, 5) is 4.85. The van der Waals surface area contributed by atoms with Crippen LogP contribution in [0, 0.1) is 6.92 Å². The molecule has 0 spiro atoms. The molecule has 3 aromatic carbocycles. The predicted octanol–water partition coefficient (Wildman–Crippen LogP) is 4.80. The van der Waals surface area contributed by atoms with E-state index in [-0.39, 0.29) is 12.5 Å². The van der Waals surface area contributed by atoms with Crippen molar-refractivity contribution in [3.05, 3.63) is 60.2 Å². The second-order valence-electron chi connectivity index (χ2n) is 6.22. The van der Waals surface area contributed by atoms with E-state index in [4.69, 9.17) is 14.5 Å². The van der Waals surface area contributed by atoms with Gasteiger partial charge in [-0.1, -0.05) is 24.3 Å². The van der Waals surface area contributed by atoms with Gasteiger partial charge in [0.25, 0.3) is 0 Å². The van der Waals surface area contributed by atoms with E-state index in [0.717, 1.165) is 50.0 Å². The number of rotatable bonds is 1. The molecular weight excluding hydrogens is 314 g/mol. The van der Waals surface area contributed by atoms with Crippen LogP contribution in [0.25, 0.3) is 32.9 Å². The Kier molecular flexibility index (Phi) is 2.88. The van der Waals surface area contributed by atoms with Crippen LogP contribution >= 0.6 is 0 Å². The third-order valence-corrected chi connectivity index (χ3v) is 4.69. The maximum atomic E-state index is 10.1. The summed E-state index contributed by atoms with van der Waals surface area (Å²) >= 11 is 0. The van der Waals surface area contributed by atoms with Crippen molar-refractivity contribution in [2.45, 2.75) is 6.92 Å². The molecule has 4 nitrogen and oxygen atoms in total. The summed E-state index contributed by atoms with van der Waals surface area (Å²) in [5.74, 6) is 1.77. The molecule has 0 bridgehead atoms. The lowest BCUT2D eigenvalue weighted by Gasteiger charge is -2.11. The van der Waals surface area contributed by atoms with Crippen molar-refractivity contribution in [3.8, 4) is 28.5 Å². The molecular formula is C21H15NO3. The summed E-state index contributed by atoms with van der Waals surface area (Å²) in [7, 11) is 0. The monoisotopic (exact) mass is 329 g/mol. The normalized spacial score (nSPS) is 12.8. The van der Waals surface area contributed by atoms with Crippen molar-refractivity contribution in [1.29, 1.82) is 0 Å². The lowest BCUT2D eigenvalue weighted by atomic mass is 9.99. The molecule has 1 aliphatic rings.